The normalized spacial score (nSPS) is 23.8. The molecule has 1 fully saturated rings. The molecule has 0 unspecified atom stereocenters. The van der Waals surface area contributed by atoms with Gasteiger partial charge in [0.15, 0.2) is 0 Å². The maximum atomic E-state index is 12.4. The number of esters is 1. The van der Waals surface area contributed by atoms with E-state index >= 15 is 0 Å². The van der Waals surface area contributed by atoms with Crippen LogP contribution in [0, 0.1) is 0 Å². The lowest BCUT2D eigenvalue weighted by molar-refractivity contribution is -0.166. The van der Waals surface area contributed by atoms with Crippen LogP contribution in [0.25, 0.3) is 0 Å². The molecule has 19 heavy (non-hydrogen) atoms. The summed E-state index contributed by atoms with van der Waals surface area (Å²) in [6, 6.07) is 0. The van der Waals surface area contributed by atoms with Gasteiger partial charge in [-0.3, -0.25) is 9.59 Å². The lowest BCUT2D eigenvalue weighted by Gasteiger charge is -2.38. The number of carbonyl (C=O) groups excluding carboxylic acids is 2. The van der Waals surface area contributed by atoms with Crippen molar-refractivity contribution < 1.29 is 14.3 Å². The number of carbonyl (C=O) groups is 2. The number of amides is 1. The van der Waals surface area contributed by atoms with E-state index in [-0.39, 0.29) is 18.3 Å². The van der Waals surface area contributed by atoms with Gasteiger partial charge in [-0.05, 0) is 46.6 Å². The van der Waals surface area contributed by atoms with E-state index in [1.807, 2.05) is 20.8 Å². The van der Waals surface area contributed by atoms with E-state index in [4.69, 9.17) is 4.74 Å². The summed E-state index contributed by atoms with van der Waals surface area (Å²) in [5.41, 5.74) is -1.39. The van der Waals surface area contributed by atoms with Crippen LogP contribution in [0.2, 0.25) is 0 Å². The highest BCUT2D eigenvalue weighted by molar-refractivity contribution is 5.89. The average molecular weight is 270 g/mol. The summed E-state index contributed by atoms with van der Waals surface area (Å²) in [6.45, 7) is 6.28. The average Bonchev–Trinajstić information content (AvgIpc) is 2.27. The summed E-state index contributed by atoms with van der Waals surface area (Å²) < 4.78 is 5.49. The molecule has 1 heterocycles. The molecule has 110 valence electrons. The largest absolute Gasteiger partial charge is 0.459 e. The molecule has 0 radical (unpaired) electrons. The molecule has 0 aromatic rings. The predicted octanol–water partition coefficient (Wildman–Crippen LogP) is 1.32. The van der Waals surface area contributed by atoms with Gasteiger partial charge in [-0.25, -0.2) is 0 Å². The van der Waals surface area contributed by atoms with Crippen molar-refractivity contribution >= 4 is 11.9 Å². The molecule has 1 N–H and O–H groups in total. The standard InChI is InChI=1S/C14H26N2O3/c1-13(2,3)19-12(18)14(8-6-7-9-15-14)10-11(17)16(4)5/h15H,6-10H2,1-5H3/t14-/m0/s1. The number of nitrogens with one attached hydrogen (secondary N) is 1. The fourth-order valence-corrected chi connectivity index (χ4v) is 2.16. The minimum absolute atomic E-state index is 0.0553. The van der Waals surface area contributed by atoms with Crippen molar-refractivity contribution in [3.63, 3.8) is 0 Å². The zero-order valence-electron chi connectivity index (χ0n) is 12.7. The lowest BCUT2D eigenvalue weighted by Crippen LogP contribution is -2.58. The van der Waals surface area contributed by atoms with Crippen LogP contribution in [0.4, 0.5) is 0 Å². The quantitative estimate of drug-likeness (QED) is 0.786. The first-order chi connectivity index (χ1) is 8.66. The second kappa shape index (κ2) is 5.90. The first-order valence-corrected chi connectivity index (χ1v) is 6.85. The van der Waals surface area contributed by atoms with Crippen LogP contribution in [-0.4, -0.2) is 48.6 Å². The molecule has 1 atom stereocenters. The molecule has 1 saturated heterocycles. The van der Waals surface area contributed by atoms with E-state index in [1.54, 1.807) is 14.1 Å². The van der Waals surface area contributed by atoms with Gasteiger partial charge in [0.2, 0.25) is 5.91 Å². The van der Waals surface area contributed by atoms with Crippen LogP contribution in [0.3, 0.4) is 0 Å². The molecule has 5 nitrogen and oxygen atoms in total. The van der Waals surface area contributed by atoms with Gasteiger partial charge in [0.1, 0.15) is 11.1 Å². The Morgan fingerprint density at radius 3 is 2.32 bits per heavy atom. The van der Waals surface area contributed by atoms with E-state index < -0.39 is 11.1 Å². The van der Waals surface area contributed by atoms with Crippen molar-refractivity contribution in [2.75, 3.05) is 20.6 Å². The molecule has 0 bridgehead atoms. The number of hydrogen-bond acceptors (Lipinski definition) is 4. The maximum Gasteiger partial charge on any atom is 0.327 e. The summed E-state index contributed by atoms with van der Waals surface area (Å²) in [6.07, 6.45) is 2.78. The summed E-state index contributed by atoms with van der Waals surface area (Å²) in [7, 11) is 3.40. The van der Waals surface area contributed by atoms with E-state index in [9.17, 15) is 9.59 Å². The Hall–Kier alpha value is -1.10. The molecule has 1 rings (SSSR count). The number of rotatable bonds is 3. The number of hydrogen-bond donors (Lipinski definition) is 1. The molecule has 0 aromatic carbocycles. The van der Waals surface area contributed by atoms with Gasteiger partial charge < -0.3 is 15.0 Å². The van der Waals surface area contributed by atoms with Crippen LogP contribution < -0.4 is 5.32 Å². The molecular weight excluding hydrogens is 244 g/mol. The van der Waals surface area contributed by atoms with Crippen LogP contribution in [0.5, 0.6) is 0 Å². The van der Waals surface area contributed by atoms with E-state index in [0.29, 0.717) is 6.42 Å². The Kier molecular flexibility index (Phi) is 4.96. The van der Waals surface area contributed by atoms with Gasteiger partial charge in [-0.15, -0.1) is 0 Å². The van der Waals surface area contributed by atoms with Crippen molar-refractivity contribution in [2.24, 2.45) is 0 Å². The van der Waals surface area contributed by atoms with Crippen LogP contribution in [0.1, 0.15) is 46.5 Å². The number of ether oxygens (including phenoxy) is 1. The molecule has 0 aromatic heterocycles. The van der Waals surface area contributed by atoms with Crippen LogP contribution in [0.15, 0.2) is 0 Å². The minimum atomic E-state index is -0.854. The van der Waals surface area contributed by atoms with Gasteiger partial charge in [0.05, 0.1) is 6.42 Å². The Morgan fingerprint density at radius 1 is 1.26 bits per heavy atom. The summed E-state index contributed by atoms with van der Waals surface area (Å²) in [5.74, 6) is -0.366. The molecule has 0 saturated carbocycles. The Labute approximate surface area is 115 Å². The smallest absolute Gasteiger partial charge is 0.327 e. The third-order valence-corrected chi connectivity index (χ3v) is 3.24. The summed E-state index contributed by atoms with van der Waals surface area (Å²) in [4.78, 5) is 25.9. The second-order valence-electron chi connectivity index (χ2n) is 6.43. The topological polar surface area (TPSA) is 58.6 Å². The fraction of sp³-hybridized carbons (Fsp3) is 0.857. The van der Waals surface area contributed by atoms with E-state index in [2.05, 4.69) is 5.32 Å². The first kappa shape index (κ1) is 16.0. The molecular formula is C14H26N2O3. The number of piperidine rings is 1. The highest BCUT2D eigenvalue weighted by Crippen LogP contribution is 2.27. The van der Waals surface area contributed by atoms with Crippen LogP contribution in [-0.2, 0) is 14.3 Å². The molecule has 1 aliphatic heterocycles. The van der Waals surface area contributed by atoms with Crippen molar-refractivity contribution in [1.82, 2.24) is 10.2 Å². The van der Waals surface area contributed by atoms with Crippen molar-refractivity contribution in [1.29, 1.82) is 0 Å². The minimum Gasteiger partial charge on any atom is -0.459 e. The SMILES string of the molecule is CN(C)C(=O)C[C@]1(C(=O)OC(C)(C)C)CCCCN1. The Bertz CT molecular complexity index is 339. The van der Waals surface area contributed by atoms with E-state index in [1.165, 1.54) is 4.90 Å². The van der Waals surface area contributed by atoms with Gasteiger partial charge in [0.25, 0.3) is 0 Å². The van der Waals surface area contributed by atoms with Crippen molar-refractivity contribution in [3.05, 3.63) is 0 Å². The fourth-order valence-electron chi connectivity index (χ4n) is 2.16. The van der Waals surface area contributed by atoms with Gasteiger partial charge in [-0.1, -0.05) is 0 Å². The highest BCUT2D eigenvalue weighted by atomic mass is 16.6. The van der Waals surface area contributed by atoms with E-state index in [0.717, 1.165) is 19.4 Å². The number of nitrogens with zero attached hydrogens (tertiary/aromatic N) is 1. The third-order valence-electron chi connectivity index (χ3n) is 3.24. The Morgan fingerprint density at radius 2 is 1.89 bits per heavy atom. The van der Waals surface area contributed by atoms with Gasteiger partial charge in [-0.2, -0.15) is 0 Å². The Balaban J connectivity index is 2.86. The first-order valence-electron chi connectivity index (χ1n) is 6.85. The lowest BCUT2D eigenvalue weighted by atomic mass is 9.85. The molecule has 1 aliphatic rings. The van der Waals surface area contributed by atoms with Crippen molar-refractivity contribution in [2.45, 2.75) is 57.6 Å². The highest BCUT2D eigenvalue weighted by Gasteiger charge is 2.44. The second-order valence-corrected chi connectivity index (χ2v) is 6.43. The molecule has 0 aliphatic carbocycles. The summed E-state index contributed by atoms with van der Waals surface area (Å²) in [5, 5.41) is 3.22. The molecule has 1 amide bonds. The molecule has 0 spiro atoms. The van der Waals surface area contributed by atoms with Gasteiger partial charge in [0, 0.05) is 14.1 Å². The molecule has 5 heteroatoms. The van der Waals surface area contributed by atoms with Crippen LogP contribution >= 0.6 is 0 Å². The van der Waals surface area contributed by atoms with Gasteiger partial charge >= 0.3 is 5.97 Å². The third kappa shape index (κ3) is 4.49. The summed E-state index contributed by atoms with van der Waals surface area (Å²) >= 11 is 0. The predicted molar refractivity (Wildman–Crippen MR) is 73.7 cm³/mol. The van der Waals surface area contributed by atoms with Crippen molar-refractivity contribution in [3.8, 4) is 0 Å². The zero-order chi connectivity index (χ0) is 14.7. The monoisotopic (exact) mass is 270 g/mol. The zero-order valence-corrected chi connectivity index (χ0v) is 12.7. The maximum absolute atomic E-state index is 12.4.